The number of hydrogen-bond acceptors (Lipinski definition) is 1. The minimum absolute atomic E-state index is 1.11. The van der Waals surface area contributed by atoms with Gasteiger partial charge in [-0.1, -0.05) is 34.3 Å². The van der Waals surface area contributed by atoms with Crippen molar-refractivity contribution < 1.29 is 0 Å². The molecule has 11 heavy (non-hydrogen) atoms. The second kappa shape index (κ2) is 12.0. The van der Waals surface area contributed by atoms with Crippen molar-refractivity contribution in [3.05, 3.63) is 18.0 Å². The molecule has 1 rings (SSSR count). The van der Waals surface area contributed by atoms with E-state index in [4.69, 9.17) is 0 Å². The molecule has 1 nitrogen and oxygen atoms in total. The zero-order chi connectivity index (χ0) is 9.11. The summed E-state index contributed by atoms with van der Waals surface area (Å²) in [6.45, 7) is 12.6. The Morgan fingerprint density at radius 3 is 2.00 bits per heavy atom. The number of allylic oxidation sites excluding steroid dienone is 1. The minimum Gasteiger partial charge on any atom is -0.382 e. The van der Waals surface area contributed by atoms with Crippen molar-refractivity contribution in [3.63, 3.8) is 0 Å². The molecule has 1 fully saturated rings. The van der Waals surface area contributed by atoms with E-state index >= 15 is 0 Å². The lowest BCUT2D eigenvalue weighted by Crippen LogP contribution is -2.01. The van der Waals surface area contributed by atoms with Crippen LogP contribution >= 0.6 is 0 Å². The van der Waals surface area contributed by atoms with Gasteiger partial charge in [0.15, 0.2) is 0 Å². The smallest absolute Gasteiger partial charge is 0.0532 e. The molecule has 0 unspecified atom stereocenters. The van der Waals surface area contributed by atoms with Gasteiger partial charge >= 0.3 is 0 Å². The highest BCUT2D eigenvalue weighted by atomic mass is 14.9. The molecular formula is C10H21N. The van der Waals surface area contributed by atoms with Gasteiger partial charge < -0.3 is 5.32 Å². The molecule has 0 amide bonds. The molecule has 0 radical (unpaired) electrons. The van der Waals surface area contributed by atoms with Gasteiger partial charge in [0.1, 0.15) is 0 Å². The van der Waals surface area contributed by atoms with Gasteiger partial charge in [-0.3, -0.25) is 0 Å². The third kappa shape index (κ3) is 7.21. The van der Waals surface area contributed by atoms with Gasteiger partial charge in [0.25, 0.3) is 0 Å². The van der Waals surface area contributed by atoms with Gasteiger partial charge in [-0.25, -0.2) is 0 Å². The summed E-state index contributed by atoms with van der Waals surface area (Å²) in [6, 6.07) is 0. The predicted molar refractivity (Wildman–Crippen MR) is 52.6 cm³/mol. The molecule has 0 aromatic carbocycles. The van der Waals surface area contributed by atoms with E-state index in [1.807, 2.05) is 27.7 Å². The molecule has 0 aromatic heterocycles. The molecule has 1 aliphatic heterocycles. The molecule has 1 heteroatoms. The van der Waals surface area contributed by atoms with E-state index < -0.39 is 0 Å². The van der Waals surface area contributed by atoms with Gasteiger partial charge in [-0.05, 0) is 12.8 Å². The van der Waals surface area contributed by atoms with Crippen LogP contribution < -0.4 is 5.32 Å². The Hall–Kier alpha value is -0.680. The van der Waals surface area contributed by atoms with Crippen LogP contribution in [0.1, 0.15) is 40.5 Å². The number of nitrogens with one attached hydrogen (secondary N) is 1. The summed E-state index contributed by atoms with van der Waals surface area (Å²) in [5.74, 6) is 0. The molecule has 0 bridgehead atoms. The lowest BCUT2D eigenvalue weighted by Gasteiger charge is -1.87. The van der Waals surface area contributed by atoms with Gasteiger partial charge in [-0.15, -0.1) is 5.73 Å². The predicted octanol–water partition coefficient (Wildman–Crippen LogP) is 3.09. The van der Waals surface area contributed by atoms with Crippen molar-refractivity contribution in [2.24, 2.45) is 0 Å². The Kier molecular flexibility index (Phi) is 14.2. The van der Waals surface area contributed by atoms with Crippen LogP contribution in [0.15, 0.2) is 18.0 Å². The largest absolute Gasteiger partial charge is 0.382 e. The van der Waals surface area contributed by atoms with Crippen molar-refractivity contribution in [2.75, 3.05) is 6.54 Å². The molecule has 0 aromatic rings. The van der Waals surface area contributed by atoms with E-state index in [1.54, 1.807) is 0 Å². The Morgan fingerprint density at radius 2 is 1.82 bits per heavy atom. The molecule has 0 saturated carbocycles. The van der Waals surface area contributed by atoms with Crippen LogP contribution in [0.5, 0.6) is 0 Å². The zero-order valence-electron chi connectivity index (χ0n) is 8.33. The summed E-state index contributed by atoms with van der Waals surface area (Å²) in [5, 5.41) is 3.15. The fourth-order valence-electron chi connectivity index (χ4n) is 0.744. The lowest BCUT2D eigenvalue weighted by atomic mass is 10.3. The normalized spacial score (nSPS) is 12.9. The summed E-state index contributed by atoms with van der Waals surface area (Å²) in [7, 11) is 0. The summed E-state index contributed by atoms with van der Waals surface area (Å²) >= 11 is 0. The molecule has 66 valence electrons. The van der Waals surface area contributed by atoms with E-state index in [0.717, 1.165) is 13.0 Å². The number of hydrogen-bond donors (Lipinski definition) is 1. The van der Waals surface area contributed by atoms with Gasteiger partial charge in [-0.2, -0.15) is 0 Å². The van der Waals surface area contributed by atoms with Gasteiger partial charge in [0, 0.05) is 6.54 Å². The third-order valence-corrected chi connectivity index (χ3v) is 1.16. The average Bonchev–Trinajstić information content (AvgIpc) is 2.63. The molecule has 0 spiro atoms. The number of rotatable bonds is 0. The van der Waals surface area contributed by atoms with E-state index in [0.29, 0.717) is 0 Å². The van der Waals surface area contributed by atoms with Crippen molar-refractivity contribution >= 4 is 0 Å². The Balaban J connectivity index is 0. The molecule has 0 atom stereocenters. The maximum atomic E-state index is 3.52. The molecular weight excluding hydrogens is 134 g/mol. The first-order valence-electron chi connectivity index (χ1n) is 4.56. The average molecular weight is 155 g/mol. The highest BCUT2D eigenvalue weighted by Crippen LogP contribution is 2.04. The Labute approximate surface area is 71.2 Å². The van der Waals surface area contributed by atoms with Crippen LogP contribution in [0.3, 0.4) is 0 Å². The topological polar surface area (TPSA) is 12.0 Å². The monoisotopic (exact) mass is 155 g/mol. The first-order valence-corrected chi connectivity index (χ1v) is 4.56. The Bertz CT molecular complexity index is 102. The fourth-order valence-corrected chi connectivity index (χ4v) is 0.744. The molecule has 1 aliphatic rings. The summed E-state index contributed by atoms with van der Waals surface area (Å²) in [4.78, 5) is 0. The minimum atomic E-state index is 1.11. The van der Waals surface area contributed by atoms with Gasteiger partial charge in [0.2, 0.25) is 0 Å². The van der Waals surface area contributed by atoms with E-state index in [2.05, 4.69) is 17.6 Å². The molecule has 1 heterocycles. The first-order chi connectivity index (χ1) is 5.43. The van der Waals surface area contributed by atoms with Crippen LogP contribution in [-0.2, 0) is 0 Å². The van der Waals surface area contributed by atoms with Crippen molar-refractivity contribution in [3.8, 4) is 0 Å². The van der Waals surface area contributed by atoms with Crippen molar-refractivity contribution in [1.29, 1.82) is 0 Å². The quantitative estimate of drug-likeness (QED) is 0.530. The van der Waals surface area contributed by atoms with E-state index in [-0.39, 0.29) is 0 Å². The maximum absolute atomic E-state index is 3.52. The van der Waals surface area contributed by atoms with E-state index in [1.165, 1.54) is 12.1 Å². The highest BCUT2D eigenvalue weighted by Gasteiger charge is 2.01. The van der Waals surface area contributed by atoms with Gasteiger partial charge in [0.05, 0.1) is 5.70 Å². The van der Waals surface area contributed by atoms with Crippen LogP contribution in [-0.4, -0.2) is 6.54 Å². The highest BCUT2D eigenvalue weighted by molar-refractivity contribution is 5.00. The Morgan fingerprint density at radius 1 is 1.27 bits per heavy atom. The zero-order valence-corrected chi connectivity index (χ0v) is 8.33. The lowest BCUT2D eigenvalue weighted by molar-refractivity contribution is 0.904. The van der Waals surface area contributed by atoms with E-state index in [9.17, 15) is 0 Å². The van der Waals surface area contributed by atoms with Crippen molar-refractivity contribution in [2.45, 2.75) is 40.5 Å². The standard InChI is InChI=1S/C6H9N.2C2H6/c1-2-6-4-3-5-7-6;2*1-2/h7H,1,3-5H2;2*1-2H3. The van der Waals surface area contributed by atoms with Crippen molar-refractivity contribution in [1.82, 2.24) is 5.32 Å². The summed E-state index contributed by atoms with van der Waals surface area (Å²) in [5.41, 5.74) is 4.00. The SMILES string of the molecule is C=C=C1CCCN1.CC.CC. The van der Waals surface area contributed by atoms with Crippen LogP contribution in [0.25, 0.3) is 0 Å². The first kappa shape index (κ1) is 12.9. The molecule has 1 N–H and O–H groups in total. The van der Waals surface area contributed by atoms with Crippen LogP contribution in [0.4, 0.5) is 0 Å². The fraction of sp³-hybridized carbons (Fsp3) is 0.700. The molecule has 1 saturated heterocycles. The second-order valence-electron chi connectivity index (χ2n) is 1.69. The van der Waals surface area contributed by atoms with Crippen LogP contribution in [0, 0.1) is 0 Å². The molecule has 0 aliphatic carbocycles. The van der Waals surface area contributed by atoms with Crippen LogP contribution in [0.2, 0.25) is 0 Å². The summed E-state index contributed by atoms with van der Waals surface area (Å²) in [6.07, 6.45) is 2.39. The second-order valence-corrected chi connectivity index (χ2v) is 1.69. The summed E-state index contributed by atoms with van der Waals surface area (Å²) < 4.78 is 0. The third-order valence-electron chi connectivity index (χ3n) is 1.16. The maximum Gasteiger partial charge on any atom is 0.0532 e.